The number of rotatable bonds is 3. The average molecular weight is 196 g/mol. The molecule has 0 unspecified atom stereocenters. The molecule has 0 atom stereocenters. The van der Waals surface area contributed by atoms with Gasteiger partial charge in [-0.3, -0.25) is 9.69 Å². The van der Waals surface area contributed by atoms with Crippen LogP contribution in [0.25, 0.3) is 0 Å². The fraction of sp³-hybridized carbons (Fsp3) is 0.700. The van der Waals surface area contributed by atoms with Gasteiger partial charge in [0.05, 0.1) is 13.2 Å². The topological polar surface area (TPSA) is 41.6 Å². The van der Waals surface area contributed by atoms with E-state index in [-0.39, 0.29) is 5.91 Å². The Labute approximate surface area is 84.6 Å². The van der Waals surface area contributed by atoms with E-state index in [1.54, 1.807) is 6.92 Å². The van der Waals surface area contributed by atoms with E-state index in [1.807, 2.05) is 0 Å². The van der Waals surface area contributed by atoms with Gasteiger partial charge in [0.15, 0.2) is 0 Å². The summed E-state index contributed by atoms with van der Waals surface area (Å²) in [7, 11) is 0. The van der Waals surface area contributed by atoms with Crippen molar-refractivity contribution in [1.29, 1.82) is 0 Å². The fourth-order valence-corrected chi connectivity index (χ4v) is 1.31. The second-order valence-electron chi connectivity index (χ2n) is 3.08. The van der Waals surface area contributed by atoms with Gasteiger partial charge in [0.25, 0.3) is 5.91 Å². The summed E-state index contributed by atoms with van der Waals surface area (Å²) in [5, 5.41) is 2.74. The summed E-state index contributed by atoms with van der Waals surface area (Å²) in [6.45, 7) is 6.69. The molecule has 1 rings (SSSR count). The first kappa shape index (κ1) is 11.0. The van der Waals surface area contributed by atoms with Crippen molar-refractivity contribution in [1.82, 2.24) is 10.2 Å². The van der Waals surface area contributed by atoms with Gasteiger partial charge in [-0.05, 0) is 12.8 Å². The first-order valence-corrected chi connectivity index (χ1v) is 4.83. The van der Waals surface area contributed by atoms with Crippen LogP contribution in [0.15, 0.2) is 0 Å². The van der Waals surface area contributed by atoms with Crippen LogP contribution in [0, 0.1) is 11.8 Å². The van der Waals surface area contributed by atoms with Crippen molar-refractivity contribution in [3.8, 4) is 11.8 Å². The van der Waals surface area contributed by atoms with Crippen molar-refractivity contribution in [3.63, 3.8) is 0 Å². The summed E-state index contributed by atoms with van der Waals surface area (Å²) in [6.07, 6.45) is 0. The minimum absolute atomic E-state index is 0.194. The van der Waals surface area contributed by atoms with Gasteiger partial charge in [0, 0.05) is 26.2 Å². The Morgan fingerprint density at radius 1 is 1.50 bits per heavy atom. The smallest absolute Gasteiger partial charge is 0.295 e. The molecule has 0 aromatic rings. The van der Waals surface area contributed by atoms with Crippen LogP contribution in [0.1, 0.15) is 6.92 Å². The molecule has 1 N–H and O–H groups in total. The molecule has 1 amide bonds. The van der Waals surface area contributed by atoms with Crippen LogP contribution in [0.4, 0.5) is 0 Å². The van der Waals surface area contributed by atoms with Crippen molar-refractivity contribution >= 4 is 5.91 Å². The number of carbonyl (C=O) groups excluding carboxylic acids is 1. The monoisotopic (exact) mass is 196 g/mol. The van der Waals surface area contributed by atoms with Gasteiger partial charge in [0.2, 0.25) is 0 Å². The van der Waals surface area contributed by atoms with E-state index in [1.165, 1.54) is 0 Å². The highest BCUT2D eigenvalue weighted by atomic mass is 16.5. The molecule has 1 aliphatic heterocycles. The van der Waals surface area contributed by atoms with Crippen LogP contribution in [0.3, 0.4) is 0 Å². The van der Waals surface area contributed by atoms with Crippen LogP contribution in [-0.2, 0) is 9.53 Å². The standard InChI is InChI=1S/C10H16N2O2/c1-2-3-10(13)11-4-5-12-6-8-14-9-7-12/h4-9H2,1H3,(H,11,13). The number of nitrogens with one attached hydrogen (secondary N) is 1. The maximum Gasteiger partial charge on any atom is 0.295 e. The molecule has 1 heterocycles. The lowest BCUT2D eigenvalue weighted by molar-refractivity contribution is -0.115. The summed E-state index contributed by atoms with van der Waals surface area (Å²) in [5.74, 6) is 4.81. The van der Waals surface area contributed by atoms with Crippen LogP contribution in [0.5, 0.6) is 0 Å². The first-order chi connectivity index (χ1) is 6.83. The van der Waals surface area contributed by atoms with Gasteiger partial charge in [-0.2, -0.15) is 0 Å². The Hall–Kier alpha value is -1.05. The highest BCUT2D eigenvalue weighted by molar-refractivity contribution is 5.93. The van der Waals surface area contributed by atoms with Gasteiger partial charge in [-0.25, -0.2) is 0 Å². The van der Waals surface area contributed by atoms with E-state index >= 15 is 0 Å². The molecule has 0 aromatic heterocycles. The van der Waals surface area contributed by atoms with Crippen LogP contribution in [-0.4, -0.2) is 50.2 Å². The molecule has 4 nitrogen and oxygen atoms in total. The Morgan fingerprint density at radius 3 is 2.86 bits per heavy atom. The van der Waals surface area contributed by atoms with E-state index in [0.717, 1.165) is 32.8 Å². The van der Waals surface area contributed by atoms with Crippen molar-refractivity contribution in [2.24, 2.45) is 0 Å². The molecule has 1 saturated heterocycles. The zero-order chi connectivity index (χ0) is 10.2. The molecular formula is C10H16N2O2. The number of amides is 1. The van der Waals surface area contributed by atoms with Crippen molar-refractivity contribution < 1.29 is 9.53 Å². The lowest BCUT2D eigenvalue weighted by Gasteiger charge is -2.26. The zero-order valence-corrected chi connectivity index (χ0v) is 8.51. The summed E-state index contributed by atoms with van der Waals surface area (Å²) >= 11 is 0. The highest BCUT2D eigenvalue weighted by Gasteiger charge is 2.09. The number of ether oxygens (including phenoxy) is 1. The molecule has 0 aliphatic carbocycles. The zero-order valence-electron chi connectivity index (χ0n) is 8.51. The number of morpholine rings is 1. The number of carbonyl (C=O) groups is 1. The van der Waals surface area contributed by atoms with Crippen LogP contribution >= 0.6 is 0 Å². The minimum Gasteiger partial charge on any atom is -0.379 e. The maximum atomic E-state index is 11.0. The summed E-state index contributed by atoms with van der Waals surface area (Å²) in [5.41, 5.74) is 0. The van der Waals surface area contributed by atoms with Crippen LogP contribution < -0.4 is 5.32 Å². The van der Waals surface area contributed by atoms with Crippen molar-refractivity contribution in [2.45, 2.75) is 6.92 Å². The Balaban J connectivity index is 2.07. The number of hydrogen-bond donors (Lipinski definition) is 1. The summed E-state index contributed by atoms with van der Waals surface area (Å²) < 4.78 is 5.21. The lowest BCUT2D eigenvalue weighted by Crippen LogP contribution is -2.41. The third kappa shape index (κ3) is 4.26. The van der Waals surface area contributed by atoms with Gasteiger partial charge in [-0.1, -0.05) is 5.92 Å². The lowest BCUT2D eigenvalue weighted by atomic mass is 10.4. The molecule has 0 bridgehead atoms. The average Bonchev–Trinajstić information content (AvgIpc) is 2.20. The predicted molar refractivity (Wildman–Crippen MR) is 53.7 cm³/mol. The van der Waals surface area contributed by atoms with Gasteiger partial charge in [0.1, 0.15) is 0 Å². The molecule has 4 heteroatoms. The van der Waals surface area contributed by atoms with E-state index in [2.05, 4.69) is 22.1 Å². The molecule has 1 aliphatic rings. The molecule has 0 radical (unpaired) electrons. The molecular weight excluding hydrogens is 180 g/mol. The normalized spacial score (nSPS) is 16.9. The maximum absolute atomic E-state index is 11.0. The molecule has 0 saturated carbocycles. The second kappa shape index (κ2) is 6.41. The Kier molecular flexibility index (Phi) is 5.05. The van der Waals surface area contributed by atoms with Crippen molar-refractivity contribution in [2.75, 3.05) is 39.4 Å². The van der Waals surface area contributed by atoms with Crippen LogP contribution in [0.2, 0.25) is 0 Å². The Morgan fingerprint density at radius 2 is 2.21 bits per heavy atom. The van der Waals surface area contributed by atoms with E-state index in [9.17, 15) is 4.79 Å². The largest absolute Gasteiger partial charge is 0.379 e. The number of nitrogens with zero attached hydrogens (tertiary/aromatic N) is 1. The molecule has 78 valence electrons. The van der Waals surface area contributed by atoms with Crippen molar-refractivity contribution in [3.05, 3.63) is 0 Å². The van der Waals surface area contributed by atoms with E-state index in [4.69, 9.17) is 4.74 Å². The number of hydrogen-bond acceptors (Lipinski definition) is 3. The molecule has 1 fully saturated rings. The third-order valence-electron chi connectivity index (χ3n) is 2.06. The molecule has 14 heavy (non-hydrogen) atoms. The van der Waals surface area contributed by atoms with E-state index < -0.39 is 0 Å². The molecule has 0 aromatic carbocycles. The highest BCUT2D eigenvalue weighted by Crippen LogP contribution is 1.94. The SMILES string of the molecule is CC#CC(=O)NCCN1CCOCC1. The minimum atomic E-state index is -0.194. The second-order valence-corrected chi connectivity index (χ2v) is 3.08. The Bertz CT molecular complexity index is 236. The first-order valence-electron chi connectivity index (χ1n) is 4.83. The summed E-state index contributed by atoms with van der Waals surface area (Å²) in [6, 6.07) is 0. The van der Waals surface area contributed by atoms with Gasteiger partial charge in [-0.15, -0.1) is 0 Å². The molecule has 0 spiro atoms. The van der Waals surface area contributed by atoms with Gasteiger partial charge >= 0.3 is 0 Å². The van der Waals surface area contributed by atoms with E-state index in [0.29, 0.717) is 6.54 Å². The predicted octanol–water partition coefficient (Wildman–Crippen LogP) is -0.542. The quantitative estimate of drug-likeness (QED) is 0.616. The third-order valence-corrected chi connectivity index (χ3v) is 2.06. The van der Waals surface area contributed by atoms with Gasteiger partial charge < -0.3 is 10.1 Å². The summed E-state index contributed by atoms with van der Waals surface area (Å²) in [4.78, 5) is 13.2. The fourth-order valence-electron chi connectivity index (χ4n) is 1.31.